The molecule has 0 saturated heterocycles. The zero-order valence-corrected chi connectivity index (χ0v) is 19.3. The quantitative estimate of drug-likeness (QED) is 0.444. The number of aryl methyl sites for hydroxylation is 2. The average Bonchev–Trinajstić information content (AvgIpc) is 3.16. The monoisotopic (exact) mass is 439 g/mol. The Labute approximate surface area is 195 Å². The van der Waals surface area contributed by atoms with E-state index in [0.29, 0.717) is 23.8 Å². The van der Waals surface area contributed by atoms with Crippen LogP contribution in [0.2, 0.25) is 0 Å². The third kappa shape index (κ3) is 4.44. The van der Waals surface area contributed by atoms with E-state index in [1.54, 1.807) is 0 Å². The molecule has 3 aromatic rings. The SMILES string of the molecule is CCc1ccc(/C=C2\Oc3c(cc4c(c3C)OCN(CCCc3ccccc3)C4)C2=O)cc1. The highest BCUT2D eigenvalue weighted by atomic mass is 16.5. The number of allylic oxidation sites excluding steroid dienone is 1. The molecular weight excluding hydrogens is 410 g/mol. The van der Waals surface area contributed by atoms with Gasteiger partial charge in [0, 0.05) is 24.2 Å². The fourth-order valence-corrected chi connectivity index (χ4v) is 4.59. The smallest absolute Gasteiger partial charge is 0.231 e. The second-order valence-corrected chi connectivity index (χ2v) is 8.82. The molecule has 2 heterocycles. The van der Waals surface area contributed by atoms with Crippen molar-refractivity contribution in [2.24, 2.45) is 0 Å². The van der Waals surface area contributed by atoms with E-state index in [0.717, 1.165) is 54.8 Å². The Morgan fingerprint density at radius 1 is 1.00 bits per heavy atom. The molecule has 0 radical (unpaired) electrons. The van der Waals surface area contributed by atoms with Crippen LogP contribution < -0.4 is 9.47 Å². The first-order chi connectivity index (χ1) is 16.1. The molecule has 3 aromatic carbocycles. The van der Waals surface area contributed by atoms with Crippen molar-refractivity contribution >= 4 is 11.9 Å². The highest BCUT2D eigenvalue weighted by molar-refractivity contribution is 6.15. The third-order valence-electron chi connectivity index (χ3n) is 6.47. The van der Waals surface area contributed by atoms with E-state index in [-0.39, 0.29) is 5.78 Å². The molecule has 0 aromatic heterocycles. The Bertz CT molecular complexity index is 1200. The van der Waals surface area contributed by atoms with Crippen LogP contribution in [0.25, 0.3) is 6.08 Å². The summed E-state index contributed by atoms with van der Waals surface area (Å²) in [6, 6.07) is 20.7. The van der Waals surface area contributed by atoms with Crippen molar-refractivity contribution < 1.29 is 14.3 Å². The van der Waals surface area contributed by atoms with E-state index in [4.69, 9.17) is 9.47 Å². The van der Waals surface area contributed by atoms with Gasteiger partial charge in [0.25, 0.3) is 0 Å². The van der Waals surface area contributed by atoms with Gasteiger partial charge in [0.1, 0.15) is 18.2 Å². The average molecular weight is 440 g/mol. The molecule has 4 nitrogen and oxygen atoms in total. The van der Waals surface area contributed by atoms with Crippen molar-refractivity contribution in [3.63, 3.8) is 0 Å². The van der Waals surface area contributed by atoms with Crippen LogP contribution in [0, 0.1) is 6.92 Å². The number of carbonyl (C=O) groups is 1. The van der Waals surface area contributed by atoms with Crippen molar-refractivity contribution in [1.29, 1.82) is 0 Å². The molecule has 0 spiro atoms. The number of carbonyl (C=O) groups excluding carboxylic acids is 1. The minimum absolute atomic E-state index is 0.0586. The van der Waals surface area contributed by atoms with E-state index in [2.05, 4.69) is 48.2 Å². The normalized spacial score (nSPS) is 16.3. The third-order valence-corrected chi connectivity index (χ3v) is 6.47. The maximum atomic E-state index is 13.1. The summed E-state index contributed by atoms with van der Waals surface area (Å²) in [7, 11) is 0. The Kier molecular flexibility index (Phi) is 6.01. The number of benzene rings is 3. The Morgan fingerprint density at radius 3 is 2.55 bits per heavy atom. The van der Waals surface area contributed by atoms with Crippen LogP contribution in [0.15, 0.2) is 66.4 Å². The topological polar surface area (TPSA) is 38.8 Å². The first-order valence-electron chi connectivity index (χ1n) is 11.7. The van der Waals surface area contributed by atoms with Crippen LogP contribution in [0.3, 0.4) is 0 Å². The summed E-state index contributed by atoms with van der Waals surface area (Å²) in [4.78, 5) is 15.4. The molecule has 0 amide bonds. The van der Waals surface area contributed by atoms with Gasteiger partial charge in [-0.3, -0.25) is 9.69 Å². The molecule has 0 bridgehead atoms. The van der Waals surface area contributed by atoms with Crippen molar-refractivity contribution in [2.45, 2.75) is 39.7 Å². The van der Waals surface area contributed by atoms with E-state index in [1.807, 2.05) is 37.3 Å². The molecule has 4 heteroatoms. The molecular formula is C29H29NO3. The number of ether oxygens (including phenoxy) is 2. The van der Waals surface area contributed by atoms with Crippen molar-refractivity contribution in [3.8, 4) is 11.5 Å². The summed E-state index contributed by atoms with van der Waals surface area (Å²) >= 11 is 0. The van der Waals surface area contributed by atoms with Crippen LogP contribution in [-0.2, 0) is 19.4 Å². The number of hydrogen-bond acceptors (Lipinski definition) is 4. The molecule has 0 aliphatic carbocycles. The molecule has 2 aliphatic rings. The van der Waals surface area contributed by atoms with Crippen molar-refractivity contribution in [3.05, 3.63) is 99.8 Å². The summed E-state index contributed by atoms with van der Waals surface area (Å²) in [6.07, 6.45) is 4.94. The maximum absolute atomic E-state index is 13.1. The van der Waals surface area contributed by atoms with Gasteiger partial charge in [-0.05, 0) is 55.0 Å². The molecule has 0 unspecified atom stereocenters. The molecule has 168 valence electrons. The van der Waals surface area contributed by atoms with Gasteiger partial charge in [-0.2, -0.15) is 0 Å². The summed E-state index contributed by atoms with van der Waals surface area (Å²) < 4.78 is 12.2. The minimum Gasteiger partial charge on any atom is -0.477 e. The van der Waals surface area contributed by atoms with Crippen LogP contribution in [0.1, 0.15) is 51.5 Å². The lowest BCUT2D eigenvalue weighted by Crippen LogP contribution is -2.33. The van der Waals surface area contributed by atoms with Gasteiger partial charge in [0.2, 0.25) is 5.78 Å². The number of Topliss-reactive ketones (excluding diaryl/α,β-unsaturated/α-hetero) is 1. The highest BCUT2D eigenvalue weighted by Crippen LogP contribution is 2.43. The Balaban J connectivity index is 1.31. The number of rotatable bonds is 6. The lowest BCUT2D eigenvalue weighted by molar-refractivity contribution is 0.0932. The largest absolute Gasteiger partial charge is 0.477 e. The van der Waals surface area contributed by atoms with Crippen LogP contribution >= 0.6 is 0 Å². The first kappa shape index (κ1) is 21.5. The number of hydrogen-bond donors (Lipinski definition) is 0. The fraction of sp³-hybridized carbons (Fsp3) is 0.276. The predicted octanol–water partition coefficient (Wildman–Crippen LogP) is 5.96. The fourth-order valence-electron chi connectivity index (χ4n) is 4.59. The summed E-state index contributed by atoms with van der Waals surface area (Å²) in [5, 5.41) is 0. The molecule has 5 rings (SSSR count). The Hall–Kier alpha value is -3.37. The van der Waals surface area contributed by atoms with Crippen molar-refractivity contribution in [2.75, 3.05) is 13.3 Å². The Morgan fingerprint density at radius 2 is 1.79 bits per heavy atom. The molecule has 0 N–H and O–H groups in total. The molecule has 0 fully saturated rings. The summed E-state index contributed by atoms with van der Waals surface area (Å²) in [5.74, 6) is 1.80. The minimum atomic E-state index is -0.0586. The second-order valence-electron chi connectivity index (χ2n) is 8.82. The molecule has 33 heavy (non-hydrogen) atoms. The maximum Gasteiger partial charge on any atom is 0.231 e. The second kappa shape index (κ2) is 9.24. The first-order valence-corrected chi connectivity index (χ1v) is 11.7. The van der Waals surface area contributed by atoms with Gasteiger partial charge in [0.15, 0.2) is 5.76 Å². The van der Waals surface area contributed by atoms with Gasteiger partial charge in [-0.1, -0.05) is 61.5 Å². The van der Waals surface area contributed by atoms with Crippen LogP contribution in [-0.4, -0.2) is 24.0 Å². The van der Waals surface area contributed by atoms with Gasteiger partial charge in [-0.25, -0.2) is 0 Å². The molecule has 2 aliphatic heterocycles. The molecule has 0 saturated carbocycles. The van der Waals surface area contributed by atoms with Crippen LogP contribution in [0.5, 0.6) is 11.5 Å². The summed E-state index contributed by atoms with van der Waals surface area (Å²) in [6.45, 7) is 6.40. The van der Waals surface area contributed by atoms with Crippen molar-refractivity contribution in [1.82, 2.24) is 4.90 Å². The zero-order valence-electron chi connectivity index (χ0n) is 19.3. The van der Waals surface area contributed by atoms with Crippen LogP contribution in [0.4, 0.5) is 0 Å². The van der Waals surface area contributed by atoms with Gasteiger partial charge in [-0.15, -0.1) is 0 Å². The predicted molar refractivity (Wildman–Crippen MR) is 131 cm³/mol. The number of ketones is 1. The summed E-state index contributed by atoms with van der Waals surface area (Å²) in [5.41, 5.74) is 6.19. The lowest BCUT2D eigenvalue weighted by atomic mass is 9.99. The number of fused-ring (bicyclic) bond motifs is 2. The van der Waals surface area contributed by atoms with E-state index >= 15 is 0 Å². The van der Waals surface area contributed by atoms with Gasteiger partial charge < -0.3 is 9.47 Å². The number of nitrogens with zero attached hydrogens (tertiary/aromatic N) is 1. The van der Waals surface area contributed by atoms with E-state index in [1.165, 1.54) is 11.1 Å². The van der Waals surface area contributed by atoms with Gasteiger partial charge in [0.05, 0.1) is 5.56 Å². The lowest BCUT2D eigenvalue weighted by Gasteiger charge is -2.30. The zero-order chi connectivity index (χ0) is 22.8. The molecule has 0 atom stereocenters. The van der Waals surface area contributed by atoms with Gasteiger partial charge >= 0.3 is 0 Å². The standard InChI is InChI=1S/C29H29NO3/c1-3-21-11-13-23(14-12-21)16-26-27(31)25-17-24-18-30(15-7-10-22-8-5-4-6-9-22)19-32-28(24)20(2)29(25)33-26/h4-6,8-9,11-14,16-17H,3,7,10,15,18-19H2,1-2H3/b26-16-. The van der Waals surface area contributed by atoms with E-state index < -0.39 is 0 Å². The highest BCUT2D eigenvalue weighted by Gasteiger charge is 2.33. The van der Waals surface area contributed by atoms with E-state index in [9.17, 15) is 4.79 Å².